The van der Waals surface area contributed by atoms with Gasteiger partial charge >= 0.3 is 0 Å². The molecule has 0 amide bonds. The smallest absolute Gasteiger partial charge is 0.233 e. The molecule has 1 N–H and O–H groups in total. The third kappa shape index (κ3) is 12.0. The maximum absolute atomic E-state index is 8.97. The Kier molecular flexibility index (Phi) is 15.4. The van der Waals surface area contributed by atoms with Crippen molar-refractivity contribution in [3.05, 3.63) is 162 Å². The van der Waals surface area contributed by atoms with Crippen molar-refractivity contribution in [3.8, 4) is 5.88 Å². The van der Waals surface area contributed by atoms with Crippen LogP contribution in [0.4, 0.5) is 0 Å². The molecule has 10 heteroatoms. The summed E-state index contributed by atoms with van der Waals surface area (Å²) in [6, 6.07) is 45.8. The van der Waals surface area contributed by atoms with E-state index in [0.29, 0.717) is 24.4 Å². The molecule has 2 saturated heterocycles. The highest BCUT2D eigenvalue weighted by Crippen LogP contribution is 2.31. The Balaban J connectivity index is 0.000000188. The Morgan fingerprint density at radius 1 is 0.569 bits per heavy atom. The van der Waals surface area contributed by atoms with Crippen molar-refractivity contribution in [2.75, 3.05) is 52.5 Å². The lowest BCUT2D eigenvalue weighted by Crippen LogP contribution is -2.38. The van der Waals surface area contributed by atoms with Gasteiger partial charge in [0.25, 0.3) is 0 Å². The van der Waals surface area contributed by atoms with Gasteiger partial charge in [-0.15, -0.1) is 14.8 Å². The molecule has 0 unspecified atom stereocenters. The van der Waals surface area contributed by atoms with Crippen LogP contribution in [0.5, 0.6) is 5.88 Å². The van der Waals surface area contributed by atoms with Crippen LogP contribution in [0.15, 0.2) is 133 Å². The summed E-state index contributed by atoms with van der Waals surface area (Å²) in [5.41, 5.74) is 5.58. The number of hydrogen-bond acceptors (Lipinski definition) is 9. The summed E-state index contributed by atoms with van der Waals surface area (Å²) in [5, 5.41) is 17.6. The predicted molar refractivity (Wildman–Crippen MR) is 228 cm³/mol. The summed E-state index contributed by atoms with van der Waals surface area (Å²) in [6.45, 7) is 8.97. The van der Waals surface area contributed by atoms with Gasteiger partial charge in [0.05, 0.1) is 18.8 Å². The fourth-order valence-electron chi connectivity index (χ4n) is 7.84. The van der Waals surface area contributed by atoms with Gasteiger partial charge in [-0.25, -0.2) is 4.98 Å². The average molecular weight is 783 g/mol. The number of aliphatic hydroxyl groups is 1. The molecule has 2 aliphatic rings. The van der Waals surface area contributed by atoms with E-state index in [2.05, 4.69) is 134 Å². The first-order valence-corrected chi connectivity index (χ1v) is 21.0. The molecular weight excluding hydrogens is 725 g/mol. The fourth-order valence-corrected chi connectivity index (χ4v) is 7.84. The van der Waals surface area contributed by atoms with E-state index in [1.807, 2.05) is 31.2 Å². The number of piperidine rings is 2. The molecule has 2 aliphatic heterocycles. The molecule has 2 fully saturated rings. The molecule has 0 radical (unpaired) electrons. The van der Waals surface area contributed by atoms with E-state index in [4.69, 9.17) is 19.3 Å². The summed E-state index contributed by atoms with van der Waals surface area (Å²) >= 11 is 0. The zero-order valence-electron chi connectivity index (χ0n) is 33.8. The Morgan fingerprint density at radius 2 is 1.00 bits per heavy atom. The minimum absolute atomic E-state index is 0.00129. The minimum Gasteiger partial charge on any atom is -0.477 e. The van der Waals surface area contributed by atoms with E-state index in [1.54, 1.807) is 0 Å². The number of aryl methyl sites for hydroxylation is 1. The second-order valence-electron chi connectivity index (χ2n) is 15.2. The Hall–Kier alpha value is -4.97. The third-order valence-corrected chi connectivity index (χ3v) is 10.9. The summed E-state index contributed by atoms with van der Waals surface area (Å²) in [5.74, 6) is 1.29. The Bertz CT molecular complexity index is 1960. The van der Waals surface area contributed by atoms with Gasteiger partial charge in [0, 0.05) is 51.9 Å². The average Bonchev–Trinajstić information content (AvgIpc) is 3.67. The Morgan fingerprint density at radius 3 is 1.43 bits per heavy atom. The number of nitrogens with zero attached hydrogens (tertiary/aromatic N) is 6. The van der Waals surface area contributed by atoms with Gasteiger partial charge in [-0.05, 0) is 73.8 Å². The van der Waals surface area contributed by atoms with Gasteiger partial charge in [0.1, 0.15) is 18.0 Å². The molecule has 2 aromatic heterocycles. The van der Waals surface area contributed by atoms with Gasteiger partial charge in [-0.2, -0.15) is 0 Å². The molecule has 0 aliphatic carbocycles. The highest BCUT2D eigenvalue weighted by molar-refractivity contribution is 5.37. The second kappa shape index (κ2) is 21.7. The van der Waals surface area contributed by atoms with Crippen molar-refractivity contribution in [1.29, 1.82) is 0 Å². The number of aromatic nitrogens is 4. The van der Waals surface area contributed by atoms with E-state index in [1.165, 1.54) is 26.9 Å². The molecule has 10 nitrogen and oxygen atoms in total. The minimum atomic E-state index is -0.0223. The van der Waals surface area contributed by atoms with Crippen LogP contribution in [0.1, 0.15) is 78.8 Å². The number of likely N-dealkylation sites (tertiary alicyclic amines) is 2. The number of rotatable bonds is 16. The van der Waals surface area contributed by atoms with Gasteiger partial charge < -0.3 is 29.1 Å². The number of hydrogen-bond donors (Lipinski definition) is 1. The molecule has 0 spiro atoms. The normalized spacial score (nSPS) is 15.8. The lowest BCUT2D eigenvalue weighted by atomic mass is 10.00. The first-order valence-electron chi connectivity index (χ1n) is 21.0. The van der Waals surface area contributed by atoms with E-state index in [-0.39, 0.29) is 24.9 Å². The molecule has 4 heterocycles. The van der Waals surface area contributed by atoms with Crippen molar-refractivity contribution in [2.45, 2.75) is 69.9 Å². The second-order valence-corrected chi connectivity index (χ2v) is 15.2. The van der Waals surface area contributed by atoms with Crippen LogP contribution in [0.25, 0.3) is 5.65 Å². The van der Waals surface area contributed by atoms with Crippen LogP contribution >= 0.6 is 0 Å². The van der Waals surface area contributed by atoms with Gasteiger partial charge in [-0.1, -0.05) is 121 Å². The van der Waals surface area contributed by atoms with Crippen LogP contribution in [0, 0.1) is 6.92 Å². The van der Waals surface area contributed by atoms with Crippen LogP contribution in [-0.2, 0) is 9.47 Å². The molecule has 8 rings (SSSR count). The van der Waals surface area contributed by atoms with Crippen molar-refractivity contribution < 1.29 is 19.3 Å². The molecule has 58 heavy (non-hydrogen) atoms. The number of ether oxygens (including phenoxy) is 3. The fraction of sp³-hybridized carbons (Fsp3) is 0.396. The van der Waals surface area contributed by atoms with Crippen molar-refractivity contribution in [1.82, 2.24) is 29.6 Å². The number of benzene rings is 4. The van der Waals surface area contributed by atoms with Gasteiger partial charge in [-0.3, -0.25) is 0 Å². The zero-order valence-corrected chi connectivity index (χ0v) is 33.8. The van der Waals surface area contributed by atoms with E-state index in [9.17, 15) is 0 Å². The Labute approximate surface area is 343 Å². The topological polar surface area (TPSA) is 97.5 Å². The van der Waals surface area contributed by atoms with Gasteiger partial charge in [0.15, 0.2) is 5.65 Å². The summed E-state index contributed by atoms with van der Waals surface area (Å²) in [4.78, 5) is 9.21. The van der Waals surface area contributed by atoms with Crippen LogP contribution in [-0.4, -0.2) is 99.4 Å². The molecular formula is C48H58N6O4. The molecule has 4 aromatic carbocycles. The standard InChI is InChI=1S/C27H31N5O2.C21H27NO2/c1-21-28-25-13-14-26(30-32(25)29-21)33-20-8-17-31-18-15-24(16-19-31)34-27(22-9-4-2-5-10-22)23-11-6-3-7-12-23;23-17-7-14-22-15-12-20(13-16-22)24-21(18-8-3-1-4-9-18)19-10-5-2-6-11-19/h2-7,9-14,24,27H,8,15-20H2,1H3;1-6,8-11,20-21,23H,7,12-17H2. The van der Waals surface area contributed by atoms with Crippen LogP contribution in [0.3, 0.4) is 0 Å². The maximum Gasteiger partial charge on any atom is 0.233 e. The molecule has 0 atom stereocenters. The molecule has 6 aromatic rings. The summed E-state index contributed by atoms with van der Waals surface area (Å²) in [6.07, 6.45) is 6.55. The third-order valence-electron chi connectivity index (χ3n) is 10.9. The monoisotopic (exact) mass is 782 g/mol. The zero-order chi connectivity index (χ0) is 39.8. The van der Waals surface area contributed by atoms with Crippen molar-refractivity contribution in [2.24, 2.45) is 0 Å². The predicted octanol–water partition coefficient (Wildman–Crippen LogP) is 8.11. The largest absolute Gasteiger partial charge is 0.477 e. The first kappa shape index (κ1) is 41.2. The maximum atomic E-state index is 8.97. The molecule has 0 bridgehead atoms. The number of fused-ring (bicyclic) bond motifs is 1. The first-order chi connectivity index (χ1) is 28.6. The van der Waals surface area contributed by atoms with Crippen molar-refractivity contribution >= 4 is 5.65 Å². The summed E-state index contributed by atoms with van der Waals surface area (Å²) in [7, 11) is 0. The summed E-state index contributed by atoms with van der Waals surface area (Å²) < 4.78 is 20.6. The quantitative estimate of drug-likeness (QED) is 0.0978. The molecule has 304 valence electrons. The highest BCUT2D eigenvalue weighted by atomic mass is 16.5. The van der Waals surface area contributed by atoms with Crippen LogP contribution in [0.2, 0.25) is 0 Å². The van der Waals surface area contributed by atoms with Crippen LogP contribution < -0.4 is 4.74 Å². The van der Waals surface area contributed by atoms with Crippen molar-refractivity contribution in [3.63, 3.8) is 0 Å². The lowest BCUT2D eigenvalue weighted by molar-refractivity contribution is -0.0275. The number of aliphatic hydroxyl groups excluding tert-OH is 1. The van der Waals surface area contributed by atoms with E-state index in [0.717, 1.165) is 83.4 Å². The SMILES string of the molecule is Cc1nc2ccc(OCCCN3CCC(OC(c4ccccc4)c4ccccc4)CC3)nn2n1.OCCCN1CCC(OC(c2ccccc2)c2ccccc2)CC1. The van der Waals surface area contributed by atoms with Gasteiger partial charge in [0.2, 0.25) is 5.88 Å². The highest BCUT2D eigenvalue weighted by Gasteiger charge is 2.26. The lowest BCUT2D eigenvalue weighted by Gasteiger charge is -2.34. The van der Waals surface area contributed by atoms with E-state index >= 15 is 0 Å². The van der Waals surface area contributed by atoms with E-state index < -0.39 is 0 Å². The molecule has 0 saturated carbocycles.